The Morgan fingerprint density at radius 2 is 1.78 bits per heavy atom. The summed E-state index contributed by atoms with van der Waals surface area (Å²) in [5, 5.41) is 9.12. The number of alkyl carbamates (subject to hydrolysis) is 1. The fourth-order valence-electron chi connectivity index (χ4n) is 4.99. The molecule has 2 amide bonds. The Balaban J connectivity index is 1.41. The van der Waals surface area contributed by atoms with E-state index in [9.17, 15) is 22.8 Å². The number of aromatic nitrogens is 3. The highest BCUT2D eigenvalue weighted by molar-refractivity contribution is 6.03. The second-order valence-corrected chi connectivity index (χ2v) is 12.0. The SMILES string of the molecule is CN(C1CC1)C(c1cccc(NC(=O)c2cc(C(F)(F)F)nn2-c2cccc(CNC(=O)OC(C)(C)C)c2)c1)c1ccccn1. The summed E-state index contributed by atoms with van der Waals surface area (Å²) in [6, 6.07) is 20.3. The minimum atomic E-state index is -4.78. The van der Waals surface area contributed by atoms with Crippen molar-refractivity contribution in [3.63, 3.8) is 0 Å². The average molecular weight is 621 g/mol. The molecule has 0 bridgehead atoms. The zero-order chi connectivity index (χ0) is 32.4. The van der Waals surface area contributed by atoms with Crippen molar-refractivity contribution in [2.24, 2.45) is 0 Å². The molecule has 0 radical (unpaired) electrons. The van der Waals surface area contributed by atoms with Gasteiger partial charge >= 0.3 is 12.3 Å². The average Bonchev–Trinajstić information content (AvgIpc) is 3.73. The van der Waals surface area contributed by atoms with Crippen LogP contribution in [0.3, 0.4) is 0 Å². The molecule has 0 saturated heterocycles. The second kappa shape index (κ2) is 12.7. The fraction of sp³-hybridized carbons (Fsp3) is 0.333. The number of pyridine rings is 1. The second-order valence-electron chi connectivity index (χ2n) is 12.0. The lowest BCUT2D eigenvalue weighted by Crippen LogP contribution is -2.32. The third-order valence-corrected chi connectivity index (χ3v) is 7.18. The van der Waals surface area contributed by atoms with Crippen molar-refractivity contribution in [1.29, 1.82) is 0 Å². The maximum atomic E-state index is 13.8. The van der Waals surface area contributed by atoms with Crippen molar-refractivity contribution < 1.29 is 27.5 Å². The Bertz CT molecular complexity index is 1660. The normalized spacial score (nSPS) is 14.2. The predicted octanol–water partition coefficient (Wildman–Crippen LogP) is 6.75. The van der Waals surface area contributed by atoms with Gasteiger partial charge in [0.25, 0.3) is 5.91 Å². The Labute approximate surface area is 259 Å². The van der Waals surface area contributed by atoms with Crippen LogP contribution in [-0.2, 0) is 17.5 Å². The summed E-state index contributed by atoms with van der Waals surface area (Å²) in [5.74, 6) is -0.766. The van der Waals surface area contributed by atoms with E-state index in [0.717, 1.165) is 34.8 Å². The number of benzene rings is 2. The van der Waals surface area contributed by atoms with E-state index in [1.165, 1.54) is 6.07 Å². The number of anilines is 1. The largest absolute Gasteiger partial charge is 0.444 e. The molecule has 2 N–H and O–H groups in total. The smallest absolute Gasteiger partial charge is 0.435 e. The maximum absolute atomic E-state index is 13.8. The molecule has 2 aromatic carbocycles. The van der Waals surface area contributed by atoms with Crippen LogP contribution >= 0.6 is 0 Å². The Kier molecular flexibility index (Phi) is 8.96. The first kappa shape index (κ1) is 31.7. The molecule has 236 valence electrons. The topological polar surface area (TPSA) is 101 Å². The summed E-state index contributed by atoms with van der Waals surface area (Å²) in [6.45, 7) is 5.25. The molecule has 1 atom stereocenters. The summed E-state index contributed by atoms with van der Waals surface area (Å²) in [4.78, 5) is 32.5. The van der Waals surface area contributed by atoms with Crippen molar-refractivity contribution >= 4 is 17.7 Å². The molecule has 0 spiro atoms. The fourth-order valence-corrected chi connectivity index (χ4v) is 4.99. The van der Waals surface area contributed by atoms with Crippen LogP contribution in [0.25, 0.3) is 5.69 Å². The molecule has 1 aliphatic carbocycles. The maximum Gasteiger partial charge on any atom is 0.435 e. The van der Waals surface area contributed by atoms with Gasteiger partial charge < -0.3 is 15.4 Å². The molecule has 2 heterocycles. The number of rotatable bonds is 9. The molecule has 1 unspecified atom stereocenters. The third-order valence-electron chi connectivity index (χ3n) is 7.18. The van der Waals surface area contributed by atoms with E-state index in [2.05, 4.69) is 25.6 Å². The van der Waals surface area contributed by atoms with Gasteiger partial charge in [0.15, 0.2) is 5.69 Å². The molecule has 9 nitrogen and oxygen atoms in total. The zero-order valence-corrected chi connectivity index (χ0v) is 25.4. The van der Waals surface area contributed by atoms with Gasteiger partial charge in [-0.25, -0.2) is 9.48 Å². The van der Waals surface area contributed by atoms with E-state index in [4.69, 9.17) is 4.74 Å². The lowest BCUT2D eigenvalue weighted by atomic mass is 10.0. The van der Waals surface area contributed by atoms with Crippen molar-refractivity contribution in [3.8, 4) is 5.69 Å². The number of amides is 2. The number of nitrogens with zero attached hydrogens (tertiary/aromatic N) is 4. The van der Waals surface area contributed by atoms with Crippen LogP contribution in [0.4, 0.5) is 23.7 Å². The van der Waals surface area contributed by atoms with Gasteiger partial charge in [-0.15, -0.1) is 0 Å². The van der Waals surface area contributed by atoms with E-state index >= 15 is 0 Å². The van der Waals surface area contributed by atoms with Crippen LogP contribution in [0.5, 0.6) is 0 Å². The highest BCUT2D eigenvalue weighted by Crippen LogP contribution is 2.37. The Morgan fingerprint density at radius 1 is 1.02 bits per heavy atom. The molecule has 1 saturated carbocycles. The molecule has 1 aliphatic rings. The van der Waals surface area contributed by atoms with E-state index in [-0.39, 0.29) is 24.0 Å². The van der Waals surface area contributed by atoms with Gasteiger partial charge in [0.2, 0.25) is 0 Å². The minimum Gasteiger partial charge on any atom is -0.444 e. The molecule has 5 rings (SSSR count). The molecule has 4 aromatic rings. The summed E-state index contributed by atoms with van der Waals surface area (Å²) in [5.41, 5.74) is 0.736. The number of hydrogen-bond donors (Lipinski definition) is 2. The molecule has 2 aromatic heterocycles. The summed E-state index contributed by atoms with van der Waals surface area (Å²) >= 11 is 0. The first-order valence-electron chi connectivity index (χ1n) is 14.6. The van der Waals surface area contributed by atoms with Crippen molar-refractivity contribution in [2.45, 2.75) is 64.0 Å². The third kappa shape index (κ3) is 8.07. The van der Waals surface area contributed by atoms with Crippen LogP contribution in [0.2, 0.25) is 0 Å². The molecular formula is C33H35F3N6O3. The van der Waals surface area contributed by atoms with Gasteiger partial charge in [0.1, 0.15) is 11.3 Å². The van der Waals surface area contributed by atoms with E-state index in [0.29, 0.717) is 17.3 Å². The summed E-state index contributed by atoms with van der Waals surface area (Å²) < 4.78 is 47.5. The molecular weight excluding hydrogens is 585 g/mol. The number of ether oxygens (including phenoxy) is 1. The van der Waals surface area contributed by atoms with Crippen molar-refractivity contribution in [2.75, 3.05) is 12.4 Å². The van der Waals surface area contributed by atoms with Crippen LogP contribution in [0.1, 0.15) is 72.7 Å². The quantitative estimate of drug-likeness (QED) is 0.215. The van der Waals surface area contributed by atoms with Crippen molar-refractivity contribution in [1.82, 2.24) is 25.0 Å². The molecule has 1 fully saturated rings. The lowest BCUT2D eigenvalue weighted by Gasteiger charge is -2.28. The zero-order valence-electron chi connectivity index (χ0n) is 25.4. The van der Waals surface area contributed by atoms with Gasteiger partial charge in [-0.1, -0.05) is 30.3 Å². The van der Waals surface area contributed by atoms with E-state index in [1.54, 1.807) is 57.3 Å². The number of nitrogens with one attached hydrogen (secondary N) is 2. The number of hydrogen-bond acceptors (Lipinski definition) is 6. The van der Waals surface area contributed by atoms with Gasteiger partial charge in [-0.2, -0.15) is 18.3 Å². The molecule has 12 heteroatoms. The monoisotopic (exact) mass is 620 g/mol. The van der Waals surface area contributed by atoms with Crippen LogP contribution < -0.4 is 10.6 Å². The predicted molar refractivity (Wildman–Crippen MR) is 163 cm³/mol. The van der Waals surface area contributed by atoms with Crippen LogP contribution in [0.15, 0.2) is 79.0 Å². The van der Waals surface area contributed by atoms with Gasteiger partial charge in [-0.05, 0) is 88.2 Å². The lowest BCUT2D eigenvalue weighted by molar-refractivity contribution is -0.141. The molecule has 0 aliphatic heterocycles. The summed E-state index contributed by atoms with van der Waals surface area (Å²) in [7, 11) is 2.04. The number of carbonyl (C=O) groups is 2. The summed E-state index contributed by atoms with van der Waals surface area (Å²) in [6.07, 6.45) is -1.52. The van der Waals surface area contributed by atoms with E-state index < -0.39 is 29.5 Å². The standard InChI is InChI=1S/C33H35F3N6O3/c1-32(2,3)45-31(44)38-20-21-9-7-12-25(17-21)42-27(19-28(40-42)33(34,35)36)30(43)39-23-11-8-10-22(18-23)29(41(4)24-14-15-24)26-13-5-6-16-37-26/h5-13,16-19,24,29H,14-15,20H2,1-4H3,(H,38,44)(H,39,43). The highest BCUT2D eigenvalue weighted by Gasteiger charge is 2.37. The van der Waals surface area contributed by atoms with Gasteiger partial charge in [-0.3, -0.25) is 14.7 Å². The highest BCUT2D eigenvalue weighted by atomic mass is 19.4. The Morgan fingerprint density at radius 3 is 2.44 bits per heavy atom. The van der Waals surface area contributed by atoms with Gasteiger partial charge in [0.05, 0.1) is 17.4 Å². The number of carbonyl (C=O) groups excluding carboxylic acids is 2. The first-order chi connectivity index (χ1) is 21.3. The molecule has 45 heavy (non-hydrogen) atoms. The van der Waals surface area contributed by atoms with Crippen LogP contribution in [-0.4, -0.2) is 50.4 Å². The minimum absolute atomic E-state index is 0.0528. The number of alkyl halides is 3. The van der Waals surface area contributed by atoms with E-state index in [1.807, 2.05) is 37.4 Å². The Hall–Kier alpha value is -4.71. The van der Waals surface area contributed by atoms with Crippen molar-refractivity contribution in [3.05, 3.63) is 107 Å². The number of halogens is 3. The first-order valence-corrected chi connectivity index (χ1v) is 14.6. The van der Waals surface area contributed by atoms with Crippen LogP contribution in [0, 0.1) is 0 Å². The van der Waals surface area contributed by atoms with Gasteiger partial charge in [0, 0.05) is 30.5 Å².